The molecule has 1 aliphatic carbocycles. The van der Waals surface area contributed by atoms with Crippen molar-refractivity contribution >= 4 is 23.5 Å². The predicted molar refractivity (Wildman–Crippen MR) is 171 cm³/mol. The number of ether oxygens (including phenoxy) is 2. The highest BCUT2D eigenvalue weighted by Gasteiger charge is 2.31. The number of carbonyl (C=O) groups excluding carboxylic acids is 3. The predicted octanol–water partition coefficient (Wildman–Crippen LogP) is 5.58. The number of amides is 2. The van der Waals surface area contributed by atoms with Crippen LogP contribution in [-0.2, 0) is 27.4 Å². The Morgan fingerprint density at radius 2 is 1.76 bits per heavy atom. The SMILES string of the molecule is COc1cccc(C(=O)N[C@@H](CC2CCCCC2)C(=O)NC(CC(=O)OCc2ccccc2)CN2CCc3cc(F)ccc32)c1. The summed E-state index contributed by atoms with van der Waals surface area (Å²) in [4.78, 5) is 42.4. The fraction of sp³-hybridized carbons (Fsp3) is 0.417. The molecule has 3 aromatic carbocycles. The van der Waals surface area contributed by atoms with Gasteiger partial charge in [-0.3, -0.25) is 14.4 Å². The first-order valence-corrected chi connectivity index (χ1v) is 15.9. The zero-order valence-corrected chi connectivity index (χ0v) is 25.8. The summed E-state index contributed by atoms with van der Waals surface area (Å²) >= 11 is 0. The number of esters is 1. The van der Waals surface area contributed by atoms with E-state index in [0.717, 1.165) is 42.5 Å². The van der Waals surface area contributed by atoms with E-state index in [4.69, 9.17) is 9.47 Å². The van der Waals surface area contributed by atoms with Gasteiger partial charge in [-0.25, -0.2) is 4.39 Å². The molecule has 8 nitrogen and oxygen atoms in total. The molecular weight excluding hydrogens is 573 g/mol. The number of fused-ring (bicyclic) bond motifs is 1. The Hall–Kier alpha value is -4.40. The smallest absolute Gasteiger partial charge is 0.308 e. The van der Waals surface area contributed by atoms with Crippen LogP contribution in [0.4, 0.5) is 10.1 Å². The van der Waals surface area contributed by atoms with Gasteiger partial charge in [-0.15, -0.1) is 0 Å². The molecule has 1 fully saturated rings. The first-order chi connectivity index (χ1) is 21.9. The molecule has 45 heavy (non-hydrogen) atoms. The third-order valence-corrected chi connectivity index (χ3v) is 8.72. The zero-order valence-electron chi connectivity index (χ0n) is 25.8. The van der Waals surface area contributed by atoms with Crippen LogP contribution >= 0.6 is 0 Å². The van der Waals surface area contributed by atoms with Gasteiger partial charge in [0.05, 0.1) is 19.6 Å². The van der Waals surface area contributed by atoms with Crippen LogP contribution in [0.15, 0.2) is 72.8 Å². The van der Waals surface area contributed by atoms with Crippen LogP contribution in [0.25, 0.3) is 0 Å². The first kappa shape index (κ1) is 32.0. The van der Waals surface area contributed by atoms with Crippen LogP contribution in [0.2, 0.25) is 0 Å². The third kappa shape index (κ3) is 9.06. The van der Waals surface area contributed by atoms with Crippen molar-refractivity contribution in [3.8, 4) is 5.75 Å². The molecule has 0 aromatic heterocycles. The monoisotopic (exact) mass is 615 g/mol. The van der Waals surface area contributed by atoms with E-state index >= 15 is 0 Å². The van der Waals surface area contributed by atoms with Crippen LogP contribution in [0.1, 0.15) is 66.4 Å². The summed E-state index contributed by atoms with van der Waals surface area (Å²) in [5, 5.41) is 6.06. The van der Waals surface area contributed by atoms with Crippen molar-refractivity contribution in [2.75, 3.05) is 25.1 Å². The molecule has 3 aromatic rings. The Morgan fingerprint density at radius 1 is 0.956 bits per heavy atom. The molecule has 9 heteroatoms. The molecule has 1 heterocycles. The minimum absolute atomic E-state index is 0.0500. The van der Waals surface area contributed by atoms with Gasteiger partial charge in [0, 0.05) is 24.3 Å². The number of rotatable bonds is 13. The minimum Gasteiger partial charge on any atom is -0.497 e. The summed E-state index contributed by atoms with van der Waals surface area (Å²) in [7, 11) is 1.54. The van der Waals surface area contributed by atoms with Gasteiger partial charge in [-0.1, -0.05) is 68.5 Å². The lowest BCUT2D eigenvalue weighted by atomic mass is 9.84. The molecular formula is C36H42FN3O5. The average Bonchev–Trinajstić information content (AvgIpc) is 3.45. The second kappa shape index (κ2) is 15.5. The number of carbonyl (C=O) groups is 3. The molecule has 1 saturated carbocycles. The summed E-state index contributed by atoms with van der Waals surface area (Å²) < 4.78 is 24.8. The van der Waals surface area contributed by atoms with Crippen molar-refractivity contribution in [2.45, 2.75) is 70.1 Å². The van der Waals surface area contributed by atoms with Gasteiger partial charge in [-0.05, 0) is 66.3 Å². The lowest BCUT2D eigenvalue weighted by Gasteiger charge is -2.30. The molecule has 0 saturated heterocycles. The van der Waals surface area contributed by atoms with Crippen LogP contribution in [0, 0.1) is 11.7 Å². The lowest BCUT2D eigenvalue weighted by Crippen LogP contribution is -2.53. The third-order valence-electron chi connectivity index (χ3n) is 8.72. The normalized spacial score (nSPS) is 15.9. The highest BCUT2D eigenvalue weighted by molar-refractivity contribution is 5.98. The number of anilines is 1. The standard InChI is InChI=1S/C36H42FN3O5/c1-44-31-14-8-13-28(21-31)35(42)39-32(19-25-9-4-2-5-10-25)36(43)38-30(22-34(41)45-24-26-11-6-3-7-12-26)23-40-18-17-27-20-29(37)15-16-33(27)40/h3,6-8,11-16,20-21,25,30,32H,2,4-5,9-10,17-19,22-24H2,1H3,(H,38,43)(H,39,42)/t30?,32-/m0/s1. The minimum atomic E-state index is -0.783. The number of nitrogens with zero attached hydrogens (tertiary/aromatic N) is 1. The number of hydrogen-bond acceptors (Lipinski definition) is 6. The van der Waals surface area contributed by atoms with Crippen LogP contribution in [-0.4, -0.2) is 50.1 Å². The molecule has 238 valence electrons. The van der Waals surface area contributed by atoms with Gasteiger partial charge in [0.1, 0.15) is 24.2 Å². The maximum Gasteiger partial charge on any atom is 0.308 e. The Balaban J connectivity index is 1.32. The van der Waals surface area contributed by atoms with Crippen LogP contribution in [0.5, 0.6) is 5.75 Å². The second-order valence-electron chi connectivity index (χ2n) is 12.0. The fourth-order valence-electron chi connectivity index (χ4n) is 6.35. The van der Waals surface area contributed by atoms with E-state index in [1.54, 1.807) is 30.3 Å². The van der Waals surface area contributed by atoms with Crippen molar-refractivity contribution in [1.82, 2.24) is 10.6 Å². The van der Waals surface area contributed by atoms with Crippen molar-refractivity contribution < 1.29 is 28.2 Å². The van der Waals surface area contributed by atoms with Crippen molar-refractivity contribution in [3.63, 3.8) is 0 Å². The van der Waals surface area contributed by atoms with E-state index in [1.807, 2.05) is 30.3 Å². The van der Waals surface area contributed by atoms with Gasteiger partial charge >= 0.3 is 5.97 Å². The van der Waals surface area contributed by atoms with Gasteiger partial charge < -0.3 is 25.0 Å². The molecule has 1 unspecified atom stereocenters. The van der Waals surface area contributed by atoms with E-state index in [2.05, 4.69) is 15.5 Å². The van der Waals surface area contributed by atoms with Gasteiger partial charge in [0.2, 0.25) is 5.91 Å². The number of halogens is 1. The van der Waals surface area contributed by atoms with E-state index in [9.17, 15) is 18.8 Å². The first-order valence-electron chi connectivity index (χ1n) is 15.9. The number of nitrogens with one attached hydrogen (secondary N) is 2. The average molecular weight is 616 g/mol. The maximum atomic E-state index is 14.0. The van der Waals surface area contributed by atoms with Gasteiger partial charge in [-0.2, -0.15) is 0 Å². The van der Waals surface area contributed by atoms with E-state index in [1.165, 1.54) is 25.7 Å². The molecule has 2 atom stereocenters. The van der Waals surface area contributed by atoms with Crippen LogP contribution in [0.3, 0.4) is 0 Å². The summed E-state index contributed by atoms with van der Waals surface area (Å²) in [6.45, 7) is 1.11. The Bertz CT molecular complexity index is 1460. The lowest BCUT2D eigenvalue weighted by molar-refractivity contribution is -0.145. The Kier molecular flexibility index (Phi) is 11.1. The molecule has 2 amide bonds. The number of benzene rings is 3. The summed E-state index contributed by atoms with van der Waals surface area (Å²) in [6.07, 6.45) is 6.54. The summed E-state index contributed by atoms with van der Waals surface area (Å²) in [5.74, 6) is -0.560. The number of methoxy groups -OCH3 is 1. The molecule has 1 aliphatic heterocycles. The summed E-state index contributed by atoms with van der Waals surface area (Å²) in [5.41, 5.74) is 3.05. The number of hydrogen-bond donors (Lipinski definition) is 2. The zero-order chi connectivity index (χ0) is 31.6. The topological polar surface area (TPSA) is 97.0 Å². The highest BCUT2D eigenvalue weighted by atomic mass is 19.1. The van der Waals surface area contributed by atoms with Crippen molar-refractivity contribution in [3.05, 3.63) is 95.3 Å². The molecule has 2 N–H and O–H groups in total. The molecule has 0 spiro atoms. The van der Waals surface area contributed by atoms with Gasteiger partial charge in [0.15, 0.2) is 0 Å². The summed E-state index contributed by atoms with van der Waals surface area (Å²) in [6, 6.07) is 19.6. The largest absolute Gasteiger partial charge is 0.497 e. The molecule has 2 aliphatic rings. The van der Waals surface area contributed by atoms with Crippen molar-refractivity contribution in [2.24, 2.45) is 5.92 Å². The Morgan fingerprint density at radius 3 is 2.53 bits per heavy atom. The van der Waals surface area contributed by atoms with Gasteiger partial charge in [0.25, 0.3) is 5.91 Å². The fourth-order valence-corrected chi connectivity index (χ4v) is 6.35. The maximum absolute atomic E-state index is 14.0. The molecule has 0 bridgehead atoms. The second-order valence-corrected chi connectivity index (χ2v) is 12.0. The van der Waals surface area contributed by atoms with E-state index in [-0.39, 0.29) is 30.7 Å². The van der Waals surface area contributed by atoms with E-state index in [0.29, 0.717) is 43.2 Å². The molecule has 0 radical (unpaired) electrons. The highest BCUT2D eigenvalue weighted by Crippen LogP contribution is 2.30. The molecule has 5 rings (SSSR count). The van der Waals surface area contributed by atoms with E-state index < -0.39 is 18.1 Å². The van der Waals surface area contributed by atoms with Crippen LogP contribution < -0.4 is 20.3 Å². The van der Waals surface area contributed by atoms with Crippen molar-refractivity contribution in [1.29, 1.82) is 0 Å². The quantitative estimate of drug-likeness (QED) is 0.244. The Labute approximate surface area is 264 Å².